The van der Waals surface area contributed by atoms with Crippen LogP contribution in [0.1, 0.15) is 27.6 Å². The number of esters is 3. The van der Waals surface area contributed by atoms with Gasteiger partial charge >= 0.3 is 17.9 Å². The lowest BCUT2D eigenvalue weighted by Gasteiger charge is -2.06. The Balaban J connectivity index is 2.29. The Kier molecular flexibility index (Phi) is 2.64. The molecule has 0 unspecified atom stereocenters. The van der Waals surface area contributed by atoms with Crippen molar-refractivity contribution < 1.29 is 23.9 Å². The highest BCUT2D eigenvalue weighted by Gasteiger charge is 2.30. The van der Waals surface area contributed by atoms with Crippen LogP contribution >= 0.6 is 0 Å². The van der Waals surface area contributed by atoms with Crippen LogP contribution in [0, 0.1) is 0 Å². The fraction of sp³-hybridized carbons (Fsp3) is 0.182. The van der Waals surface area contributed by atoms with Gasteiger partial charge in [-0.2, -0.15) is 0 Å². The van der Waals surface area contributed by atoms with Crippen molar-refractivity contribution in [1.29, 1.82) is 0 Å². The van der Waals surface area contributed by atoms with Gasteiger partial charge in [-0.25, -0.2) is 14.4 Å². The summed E-state index contributed by atoms with van der Waals surface area (Å²) in [7, 11) is 0. The van der Waals surface area contributed by atoms with Crippen molar-refractivity contribution in [2.75, 3.05) is 0 Å². The monoisotopic (exact) mass is 235 g/mol. The molecule has 1 heterocycles. The molecule has 0 aliphatic carbocycles. The lowest BCUT2D eigenvalue weighted by atomic mass is 10.1. The van der Waals surface area contributed by atoms with Crippen molar-refractivity contribution in [3.05, 3.63) is 29.3 Å². The van der Waals surface area contributed by atoms with Crippen LogP contribution in [0.2, 0.25) is 0 Å². The number of nitrogens with two attached hydrogens (primary N) is 1. The maximum absolute atomic E-state index is 11.2. The molecule has 1 aliphatic rings. The Labute approximate surface area is 96.3 Å². The molecule has 1 aromatic rings. The van der Waals surface area contributed by atoms with Crippen LogP contribution in [-0.2, 0) is 9.53 Å². The SMILES string of the molecule is C[C@H](N)C(=O)Oc1ccc2c(c1)C(=O)OC2=O. The average Bonchev–Trinajstić information content (AvgIpc) is 2.54. The highest BCUT2D eigenvalue weighted by molar-refractivity contribution is 6.14. The fourth-order valence-electron chi connectivity index (χ4n) is 1.34. The first-order valence-electron chi connectivity index (χ1n) is 4.87. The maximum atomic E-state index is 11.2. The molecular weight excluding hydrogens is 226 g/mol. The van der Waals surface area contributed by atoms with Gasteiger partial charge in [-0.05, 0) is 25.1 Å². The van der Waals surface area contributed by atoms with E-state index in [2.05, 4.69) is 4.74 Å². The van der Waals surface area contributed by atoms with Gasteiger partial charge in [-0.3, -0.25) is 0 Å². The van der Waals surface area contributed by atoms with E-state index < -0.39 is 23.9 Å². The number of cyclic esters (lactones) is 2. The molecule has 6 nitrogen and oxygen atoms in total. The standard InChI is InChI=1S/C11H9NO5/c1-5(12)9(13)16-6-2-3-7-8(4-6)11(15)17-10(7)14/h2-5H,12H2,1H3/t5-/m0/s1. The Morgan fingerprint density at radius 3 is 2.59 bits per heavy atom. The van der Waals surface area contributed by atoms with Crippen molar-refractivity contribution in [3.63, 3.8) is 0 Å². The number of carbonyl (C=O) groups excluding carboxylic acids is 3. The third-order valence-electron chi connectivity index (χ3n) is 2.21. The first-order valence-corrected chi connectivity index (χ1v) is 4.87. The lowest BCUT2D eigenvalue weighted by molar-refractivity contribution is -0.135. The number of rotatable bonds is 2. The summed E-state index contributed by atoms with van der Waals surface area (Å²) in [5.41, 5.74) is 5.58. The molecule has 0 saturated heterocycles. The van der Waals surface area contributed by atoms with Gasteiger partial charge in [0.05, 0.1) is 11.1 Å². The van der Waals surface area contributed by atoms with Crippen LogP contribution in [0.3, 0.4) is 0 Å². The number of hydrogen-bond acceptors (Lipinski definition) is 6. The Morgan fingerprint density at radius 2 is 1.94 bits per heavy atom. The Hall–Kier alpha value is -2.21. The van der Waals surface area contributed by atoms with Gasteiger partial charge in [-0.1, -0.05) is 0 Å². The zero-order valence-electron chi connectivity index (χ0n) is 8.93. The van der Waals surface area contributed by atoms with Crippen LogP contribution in [0.25, 0.3) is 0 Å². The minimum absolute atomic E-state index is 0.0879. The molecule has 0 radical (unpaired) electrons. The van der Waals surface area contributed by atoms with Crippen molar-refractivity contribution in [2.24, 2.45) is 5.73 Å². The van der Waals surface area contributed by atoms with Gasteiger partial charge in [0.1, 0.15) is 11.8 Å². The molecule has 0 saturated carbocycles. The summed E-state index contributed by atoms with van der Waals surface area (Å²) in [6.07, 6.45) is 0. The summed E-state index contributed by atoms with van der Waals surface area (Å²) in [6, 6.07) is 3.28. The molecule has 1 aromatic carbocycles. The van der Waals surface area contributed by atoms with Gasteiger partial charge in [0, 0.05) is 0 Å². The lowest BCUT2D eigenvalue weighted by Crippen LogP contribution is -2.30. The summed E-state index contributed by atoms with van der Waals surface area (Å²) in [4.78, 5) is 33.6. The minimum atomic E-state index is -0.767. The molecule has 0 spiro atoms. The molecule has 0 amide bonds. The third kappa shape index (κ3) is 2.02. The third-order valence-corrected chi connectivity index (χ3v) is 2.21. The molecular formula is C11H9NO5. The van der Waals surface area contributed by atoms with Gasteiger partial charge in [0.25, 0.3) is 0 Å². The Bertz CT molecular complexity index is 521. The normalized spacial score (nSPS) is 15.2. The van der Waals surface area contributed by atoms with E-state index in [1.165, 1.54) is 25.1 Å². The van der Waals surface area contributed by atoms with Crippen LogP contribution in [0.15, 0.2) is 18.2 Å². The van der Waals surface area contributed by atoms with Gasteiger partial charge in [-0.15, -0.1) is 0 Å². The highest BCUT2D eigenvalue weighted by Crippen LogP contribution is 2.24. The van der Waals surface area contributed by atoms with E-state index in [9.17, 15) is 14.4 Å². The van der Waals surface area contributed by atoms with E-state index in [4.69, 9.17) is 10.5 Å². The molecule has 0 aromatic heterocycles. The van der Waals surface area contributed by atoms with Gasteiger partial charge in [0.15, 0.2) is 0 Å². The second-order valence-corrected chi connectivity index (χ2v) is 3.59. The van der Waals surface area contributed by atoms with E-state index in [0.29, 0.717) is 0 Å². The zero-order chi connectivity index (χ0) is 12.6. The summed E-state index contributed by atoms with van der Waals surface area (Å²) in [5, 5.41) is 0. The first kappa shape index (κ1) is 11.3. The smallest absolute Gasteiger partial charge is 0.347 e. The number of ether oxygens (including phenoxy) is 2. The molecule has 1 aliphatic heterocycles. The second kappa shape index (κ2) is 3.99. The molecule has 6 heteroatoms. The largest absolute Gasteiger partial charge is 0.425 e. The Morgan fingerprint density at radius 1 is 1.29 bits per heavy atom. The zero-order valence-corrected chi connectivity index (χ0v) is 8.93. The number of carbonyl (C=O) groups is 3. The fourth-order valence-corrected chi connectivity index (χ4v) is 1.34. The summed E-state index contributed by atoms with van der Waals surface area (Å²) >= 11 is 0. The van der Waals surface area contributed by atoms with Crippen LogP contribution in [-0.4, -0.2) is 23.9 Å². The second-order valence-electron chi connectivity index (χ2n) is 3.59. The van der Waals surface area contributed by atoms with E-state index >= 15 is 0 Å². The summed E-state index contributed by atoms with van der Waals surface area (Å²) in [5.74, 6) is -1.92. The van der Waals surface area contributed by atoms with Crippen molar-refractivity contribution in [1.82, 2.24) is 0 Å². The molecule has 0 bridgehead atoms. The predicted molar refractivity (Wildman–Crippen MR) is 55.5 cm³/mol. The quantitative estimate of drug-likeness (QED) is 0.448. The number of fused-ring (bicyclic) bond motifs is 1. The van der Waals surface area contributed by atoms with Gasteiger partial charge < -0.3 is 15.2 Å². The molecule has 2 N–H and O–H groups in total. The maximum Gasteiger partial charge on any atom is 0.347 e. The first-order chi connectivity index (χ1) is 7.99. The number of benzene rings is 1. The van der Waals surface area contributed by atoms with E-state index in [-0.39, 0.29) is 16.9 Å². The van der Waals surface area contributed by atoms with Crippen LogP contribution in [0.4, 0.5) is 0 Å². The van der Waals surface area contributed by atoms with Crippen molar-refractivity contribution in [2.45, 2.75) is 13.0 Å². The van der Waals surface area contributed by atoms with E-state index in [0.717, 1.165) is 0 Å². The number of hydrogen-bond donors (Lipinski definition) is 1. The topological polar surface area (TPSA) is 95.7 Å². The average molecular weight is 235 g/mol. The summed E-state index contributed by atoms with van der Waals surface area (Å²) < 4.78 is 9.30. The van der Waals surface area contributed by atoms with Crippen LogP contribution in [0.5, 0.6) is 5.75 Å². The molecule has 88 valence electrons. The van der Waals surface area contributed by atoms with Gasteiger partial charge in [0.2, 0.25) is 0 Å². The van der Waals surface area contributed by atoms with Crippen LogP contribution < -0.4 is 10.5 Å². The van der Waals surface area contributed by atoms with E-state index in [1.807, 2.05) is 0 Å². The molecule has 2 rings (SSSR count). The van der Waals surface area contributed by atoms with Crippen molar-refractivity contribution >= 4 is 17.9 Å². The molecule has 1 atom stereocenters. The minimum Gasteiger partial charge on any atom is -0.425 e. The summed E-state index contributed by atoms with van der Waals surface area (Å²) in [6.45, 7) is 1.48. The predicted octanol–water partition coefficient (Wildman–Crippen LogP) is 0.250. The molecule has 17 heavy (non-hydrogen) atoms. The molecule has 0 fully saturated rings. The van der Waals surface area contributed by atoms with E-state index in [1.54, 1.807) is 0 Å². The van der Waals surface area contributed by atoms with Crippen molar-refractivity contribution in [3.8, 4) is 5.75 Å². The highest BCUT2D eigenvalue weighted by atomic mass is 16.6.